The van der Waals surface area contributed by atoms with Crippen LogP contribution < -0.4 is 5.73 Å². The molecule has 0 heterocycles. The molecule has 14 heavy (non-hydrogen) atoms. The Balaban J connectivity index is 2.98. The minimum absolute atomic E-state index is 0.342. The van der Waals surface area contributed by atoms with E-state index in [4.69, 9.17) is 5.73 Å². The molecule has 6 nitrogen and oxygen atoms in total. The first-order valence-corrected chi connectivity index (χ1v) is 5.06. The summed E-state index contributed by atoms with van der Waals surface area (Å²) in [5.41, 5.74) is 3.40. The predicted molar refractivity (Wildman–Crippen MR) is 50.7 cm³/mol. The number of aliphatic hydroxyl groups excluding tert-OH is 4. The zero-order valence-electron chi connectivity index (χ0n) is 7.29. The predicted octanol–water partition coefficient (Wildman–Crippen LogP) is -3.10. The van der Waals surface area contributed by atoms with Crippen LogP contribution >= 0.6 is 15.9 Å². The van der Waals surface area contributed by atoms with Gasteiger partial charge in [-0.3, -0.25) is 0 Å². The molecule has 0 aliphatic heterocycles. The highest BCUT2D eigenvalue weighted by atomic mass is 79.9. The lowest BCUT2D eigenvalue weighted by Crippen LogP contribution is -2.71. The number of alkyl halides is 1. The molecular weight excluding hydrogens is 258 g/mol. The van der Waals surface area contributed by atoms with Crippen LogP contribution in [0.3, 0.4) is 0 Å². The lowest BCUT2D eigenvalue weighted by atomic mass is 9.77. The van der Waals surface area contributed by atoms with E-state index in [9.17, 15) is 25.5 Å². The van der Waals surface area contributed by atoms with Crippen LogP contribution in [0, 0.1) is 0 Å². The van der Waals surface area contributed by atoms with Crippen molar-refractivity contribution in [2.24, 2.45) is 5.73 Å². The Bertz CT molecular complexity index is 200. The van der Waals surface area contributed by atoms with Gasteiger partial charge < -0.3 is 31.3 Å². The fraction of sp³-hybridized carbons (Fsp3) is 1.00. The van der Waals surface area contributed by atoms with Gasteiger partial charge in [-0.15, -0.1) is 0 Å². The molecule has 0 saturated heterocycles. The minimum Gasteiger partial charge on any atom is -0.389 e. The molecule has 0 spiro atoms. The SMILES string of the molecule is NCC1(O)C(O)C(O)C(O)C(O)C1Br. The molecule has 84 valence electrons. The van der Waals surface area contributed by atoms with E-state index in [1.165, 1.54) is 0 Å². The summed E-state index contributed by atoms with van der Waals surface area (Å²) in [7, 11) is 0. The largest absolute Gasteiger partial charge is 0.389 e. The second-order valence-electron chi connectivity index (χ2n) is 3.51. The van der Waals surface area contributed by atoms with Gasteiger partial charge in [-0.05, 0) is 0 Å². The first kappa shape index (κ1) is 12.3. The van der Waals surface area contributed by atoms with Crippen molar-refractivity contribution < 1.29 is 25.5 Å². The molecule has 0 aromatic carbocycles. The summed E-state index contributed by atoms with van der Waals surface area (Å²) >= 11 is 2.93. The van der Waals surface area contributed by atoms with Crippen LogP contribution in [0.15, 0.2) is 0 Å². The van der Waals surface area contributed by atoms with Gasteiger partial charge >= 0.3 is 0 Å². The maximum atomic E-state index is 9.82. The van der Waals surface area contributed by atoms with E-state index in [0.29, 0.717) is 0 Å². The fourth-order valence-corrected chi connectivity index (χ4v) is 2.32. The second kappa shape index (κ2) is 4.01. The molecule has 0 bridgehead atoms. The molecule has 0 amide bonds. The van der Waals surface area contributed by atoms with Gasteiger partial charge in [-0.1, -0.05) is 15.9 Å². The van der Waals surface area contributed by atoms with E-state index in [0.717, 1.165) is 0 Å². The number of nitrogens with two attached hydrogens (primary N) is 1. The van der Waals surface area contributed by atoms with Crippen LogP contribution in [0.2, 0.25) is 0 Å². The minimum atomic E-state index is -1.85. The van der Waals surface area contributed by atoms with Crippen molar-refractivity contribution >= 4 is 15.9 Å². The van der Waals surface area contributed by atoms with E-state index < -0.39 is 34.8 Å². The quantitative estimate of drug-likeness (QED) is 0.281. The third-order valence-corrected chi connectivity index (χ3v) is 3.97. The number of hydrogen-bond donors (Lipinski definition) is 6. The third kappa shape index (κ3) is 1.58. The normalized spacial score (nSPS) is 54.6. The number of hydrogen-bond acceptors (Lipinski definition) is 6. The molecule has 0 aromatic rings. The fourth-order valence-electron chi connectivity index (χ4n) is 1.55. The number of halogens is 1. The van der Waals surface area contributed by atoms with Crippen molar-refractivity contribution in [2.75, 3.05) is 6.54 Å². The third-order valence-electron chi connectivity index (χ3n) is 2.64. The maximum Gasteiger partial charge on any atom is 0.120 e. The topological polar surface area (TPSA) is 127 Å². The molecular formula is C7H14BrNO5. The maximum absolute atomic E-state index is 9.82. The van der Waals surface area contributed by atoms with Crippen LogP contribution in [-0.4, -0.2) is 66.9 Å². The van der Waals surface area contributed by atoms with E-state index >= 15 is 0 Å². The Hall–Kier alpha value is 0.240. The van der Waals surface area contributed by atoms with E-state index in [2.05, 4.69) is 15.9 Å². The molecule has 6 atom stereocenters. The first-order chi connectivity index (χ1) is 6.36. The van der Waals surface area contributed by atoms with Crippen molar-refractivity contribution in [1.82, 2.24) is 0 Å². The standard InChI is InChI=1S/C7H14BrNO5/c8-5-3(11)2(10)4(12)6(13)7(5,14)1-9/h2-6,10-14H,1,9H2. The van der Waals surface area contributed by atoms with Gasteiger partial charge in [-0.2, -0.15) is 0 Å². The summed E-state index contributed by atoms with van der Waals surface area (Å²) < 4.78 is 0. The summed E-state index contributed by atoms with van der Waals surface area (Å²) in [6, 6.07) is 0. The average Bonchev–Trinajstić information content (AvgIpc) is 2.21. The summed E-state index contributed by atoms with van der Waals surface area (Å²) in [6.45, 7) is -0.342. The van der Waals surface area contributed by atoms with Crippen molar-refractivity contribution in [3.8, 4) is 0 Å². The molecule has 7 N–H and O–H groups in total. The summed E-state index contributed by atoms with van der Waals surface area (Å²) in [6.07, 6.45) is -6.12. The molecule has 0 aromatic heterocycles. The van der Waals surface area contributed by atoms with Crippen molar-refractivity contribution in [1.29, 1.82) is 0 Å². The zero-order chi connectivity index (χ0) is 11.1. The van der Waals surface area contributed by atoms with Gasteiger partial charge in [-0.25, -0.2) is 0 Å². The number of aliphatic hydroxyl groups is 5. The van der Waals surface area contributed by atoms with E-state index in [1.807, 2.05) is 0 Å². The summed E-state index contributed by atoms with van der Waals surface area (Å²) in [5.74, 6) is 0. The Labute approximate surface area is 89.1 Å². The molecule has 1 fully saturated rings. The highest BCUT2D eigenvalue weighted by Crippen LogP contribution is 2.34. The van der Waals surface area contributed by atoms with Crippen LogP contribution in [-0.2, 0) is 0 Å². The Kier molecular flexibility index (Phi) is 3.53. The van der Waals surface area contributed by atoms with Crippen LogP contribution in [0.5, 0.6) is 0 Å². The smallest absolute Gasteiger partial charge is 0.120 e. The first-order valence-electron chi connectivity index (χ1n) is 4.15. The molecule has 6 unspecified atom stereocenters. The molecule has 0 radical (unpaired) electrons. The van der Waals surface area contributed by atoms with Gasteiger partial charge in [0.2, 0.25) is 0 Å². The Morgan fingerprint density at radius 2 is 1.57 bits per heavy atom. The molecule has 1 aliphatic carbocycles. The van der Waals surface area contributed by atoms with Crippen LogP contribution in [0.1, 0.15) is 0 Å². The monoisotopic (exact) mass is 271 g/mol. The van der Waals surface area contributed by atoms with E-state index in [-0.39, 0.29) is 6.54 Å². The van der Waals surface area contributed by atoms with Crippen molar-refractivity contribution in [2.45, 2.75) is 34.8 Å². The zero-order valence-corrected chi connectivity index (χ0v) is 8.87. The Morgan fingerprint density at radius 1 is 1.07 bits per heavy atom. The second-order valence-corrected chi connectivity index (χ2v) is 4.50. The lowest BCUT2D eigenvalue weighted by molar-refractivity contribution is -0.209. The highest BCUT2D eigenvalue weighted by molar-refractivity contribution is 9.09. The van der Waals surface area contributed by atoms with Gasteiger partial charge in [0.25, 0.3) is 0 Å². The summed E-state index contributed by atoms with van der Waals surface area (Å²) in [4.78, 5) is -0.992. The van der Waals surface area contributed by atoms with Crippen molar-refractivity contribution in [3.05, 3.63) is 0 Å². The molecule has 7 heteroatoms. The van der Waals surface area contributed by atoms with Crippen molar-refractivity contribution in [3.63, 3.8) is 0 Å². The lowest BCUT2D eigenvalue weighted by Gasteiger charge is -2.47. The van der Waals surface area contributed by atoms with Gasteiger partial charge in [0, 0.05) is 6.54 Å². The molecule has 1 rings (SSSR count). The van der Waals surface area contributed by atoms with Gasteiger partial charge in [0.05, 0.1) is 10.9 Å². The molecule has 1 aliphatic rings. The van der Waals surface area contributed by atoms with Crippen LogP contribution in [0.4, 0.5) is 0 Å². The van der Waals surface area contributed by atoms with Crippen LogP contribution in [0.25, 0.3) is 0 Å². The van der Waals surface area contributed by atoms with Gasteiger partial charge in [0.15, 0.2) is 0 Å². The van der Waals surface area contributed by atoms with E-state index in [1.54, 1.807) is 0 Å². The summed E-state index contributed by atoms with van der Waals surface area (Å²) in [5, 5.41) is 47.3. The highest BCUT2D eigenvalue weighted by Gasteiger charge is 2.56. The van der Waals surface area contributed by atoms with Gasteiger partial charge in [0.1, 0.15) is 23.9 Å². The molecule has 1 saturated carbocycles. The Morgan fingerprint density at radius 3 is 2.00 bits per heavy atom. The number of rotatable bonds is 1. The average molecular weight is 272 g/mol.